The van der Waals surface area contributed by atoms with Crippen LogP contribution in [0.3, 0.4) is 0 Å². The lowest BCUT2D eigenvalue weighted by Crippen LogP contribution is -2.26. The van der Waals surface area contributed by atoms with Gasteiger partial charge in [-0.25, -0.2) is 0 Å². The van der Waals surface area contributed by atoms with Crippen molar-refractivity contribution < 1.29 is 19.4 Å². The fourth-order valence-electron chi connectivity index (χ4n) is 2.11. The van der Waals surface area contributed by atoms with Crippen molar-refractivity contribution in [2.45, 2.75) is 13.3 Å². The van der Waals surface area contributed by atoms with Crippen molar-refractivity contribution in [2.24, 2.45) is 5.92 Å². The van der Waals surface area contributed by atoms with E-state index < -0.39 is 11.9 Å². The van der Waals surface area contributed by atoms with Crippen LogP contribution in [0.1, 0.15) is 13.3 Å². The summed E-state index contributed by atoms with van der Waals surface area (Å²) in [6.45, 7) is 6.16. The average molecular weight is 275 g/mol. The molecule has 0 radical (unpaired) electrons. The lowest BCUT2D eigenvalue weighted by molar-refractivity contribution is -0.141. The summed E-state index contributed by atoms with van der Waals surface area (Å²) in [7, 11) is 0. The first-order valence-electron chi connectivity index (χ1n) is 6.38. The molecule has 0 spiro atoms. The molecule has 1 saturated heterocycles. The van der Waals surface area contributed by atoms with Crippen molar-refractivity contribution in [3.63, 3.8) is 0 Å². The topological polar surface area (TPSA) is 66.8 Å². The molecule has 0 aromatic heterocycles. The Hall–Kier alpha value is -2.30. The van der Waals surface area contributed by atoms with Gasteiger partial charge >= 0.3 is 5.97 Å². The molecule has 2 rings (SSSR count). The molecule has 1 N–H and O–H groups in total. The van der Waals surface area contributed by atoms with Crippen LogP contribution in [0.25, 0.3) is 0 Å². The molecule has 1 atom stereocenters. The van der Waals surface area contributed by atoms with Crippen molar-refractivity contribution in [3.8, 4) is 5.75 Å². The summed E-state index contributed by atoms with van der Waals surface area (Å²) >= 11 is 0. The second kappa shape index (κ2) is 5.77. The fourth-order valence-corrected chi connectivity index (χ4v) is 2.11. The van der Waals surface area contributed by atoms with Crippen molar-refractivity contribution >= 4 is 17.6 Å². The van der Waals surface area contributed by atoms with E-state index in [0.717, 1.165) is 5.57 Å². The van der Waals surface area contributed by atoms with E-state index >= 15 is 0 Å². The second-order valence-corrected chi connectivity index (χ2v) is 4.96. The predicted octanol–water partition coefficient (Wildman–Crippen LogP) is 2.08. The van der Waals surface area contributed by atoms with Gasteiger partial charge in [0.25, 0.3) is 0 Å². The van der Waals surface area contributed by atoms with Crippen molar-refractivity contribution in [2.75, 3.05) is 18.1 Å². The number of carbonyl (C=O) groups is 2. The molecular weight excluding hydrogens is 258 g/mol. The Morgan fingerprint density at radius 1 is 1.50 bits per heavy atom. The largest absolute Gasteiger partial charge is 0.487 e. The Bertz CT molecular complexity index is 553. The van der Waals surface area contributed by atoms with Gasteiger partial charge in [0.05, 0.1) is 11.6 Å². The first kappa shape index (κ1) is 14.1. The zero-order chi connectivity index (χ0) is 14.7. The van der Waals surface area contributed by atoms with Gasteiger partial charge in [0, 0.05) is 13.0 Å². The van der Waals surface area contributed by atoms with Gasteiger partial charge in [0.1, 0.15) is 12.4 Å². The quantitative estimate of drug-likeness (QED) is 0.835. The highest BCUT2D eigenvalue weighted by atomic mass is 16.5. The molecule has 1 aliphatic rings. The number of benzene rings is 1. The third-order valence-corrected chi connectivity index (χ3v) is 3.10. The number of rotatable bonds is 5. The number of carboxylic acids is 1. The zero-order valence-corrected chi connectivity index (χ0v) is 11.3. The molecule has 1 amide bonds. The van der Waals surface area contributed by atoms with Gasteiger partial charge in [-0.2, -0.15) is 0 Å². The molecule has 106 valence electrons. The number of carbonyl (C=O) groups excluding carboxylic acids is 1. The maximum atomic E-state index is 12.0. The number of anilines is 1. The van der Waals surface area contributed by atoms with Crippen molar-refractivity contribution in [1.29, 1.82) is 0 Å². The van der Waals surface area contributed by atoms with Crippen LogP contribution in [0.15, 0.2) is 36.4 Å². The summed E-state index contributed by atoms with van der Waals surface area (Å²) in [4.78, 5) is 24.5. The Kier molecular flexibility index (Phi) is 4.08. The number of ether oxygens (including phenoxy) is 1. The molecular formula is C15H17NO4. The Morgan fingerprint density at radius 3 is 2.80 bits per heavy atom. The smallest absolute Gasteiger partial charge is 0.308 e. The maximum Gasteiger partial charge on any atom is 0.308 e. The third-order valence-electron chi connectivity index (χ3n) is 3.10. The monoisotopic (exact) mass is 275 g/mol. The lowest BCUT2D eigenvalue weighted by Gasteiger charge is -2.20. The summed E-state index contributed by atoms with van der Waals surface area (Å²) in [6, 6.07) is 7.13. The minimum absolute atomic E-state index is 0.0319. The van der Waals surface area contributed by atoms with Crippen LogP contribution in [-0.4, -0.2) is 30.1 Å². The van der Waals surface area contributed by atoms with Gasteiger partial charge in [-0.05, 0) is 24.6 Å². The standard InChI is InChI=1S/C15H17NO4/c1-10(2)9-20-13-6-4-3-5-12(13)16-8-11(15(18)19)7-14(16)17/h3-6,11H,1,7-9H2,2H3,(H,18,19)/t11-/m0/s1. The van der Waals surface area contributed by atoms with E-state index in [1.54, 1.807) is 18.2 Å². The van der Waals surface area contributed by atoms with Gasteiger partial charge in [-0.15, -0.1) is 0 Å². The molecule has 1 aromatic rings. The minimum atomic E-state index is -0.943. The molecule has 20 heavy (non-hydrogen) atoms. The van der Waals surface area contributed by atoms with Crippen LogP contribution < -0.4 is 9.64 Å². The van der Waals surface area contributed by atoms with Crippen LogP contribution in [0, 0.1) is 5.92 Å². The second-order valence-electron chi connectivity index (χ2n) is 4.96. The summed E-state index contributed by atoms with van der Waals surface area (Å²) in [5.74, 6) is -1.23. The fraction of sp³-hybridized carbons (Fsp3) is 0.333. The van der Waals surface area contributed by atoms with Gasteiger partial charge in [0.15, 0.2) is 0 Å². The highest BCUT2D eigenvalue weighted by molar-refractivity contribution is 6.00. The van der Waals surface area contributed by atoms with E-state index in [0.29, 0.717) is 18.0 Å². The number of amides is 1. The van der Waals surface area contributed by atoms with E-state index in [9.17, 15) is 9.59 Å². The number of nitrogens with zero attached hydrogens (tertiary/aromatic N) is 1. The van der Waals surface area contributed by atoms with Crippen LogP contribution in [0.5, 0.6) is 5.75 Å². The molecule has 1 aromatic carbocycles. The zero-order valence-electron chi connectivity index (χ0n) is 11.3. The molecule has 0 aliphatic carbocycles. The summed E-state index contributed by atoms with van der Waals surface area (Å²) < 4.78 is 5.61. The predicted molar refractivity (Wildman–Crippen MR) is 74.8 cm³/mol. The molecule has 1 aliphatic heterocycles. The lowest BCUT2D eigenvalue weighted by atomic mass is 10.1. The first-order valence-corrected chi connectivity index (χ1v) is 6.38. The van der Waals surface area contributed by atoms with Crippen LogP contribution >= 0.6 is 0 Å². The maximum absolute atomic E-state index is 12.0. The SMILES string of the molecule is C=C(C)COc1ccccc1N1C[C@@H](C(=O)O)CC1=O. The van der Waals surface area contributed by atoms with Gasteiger partial charge in [0.2, 0.25) is 5.91 Å². The van der Waals surface area contributed by atoms with E-state index in [1.165, 1.54) is 4.90 Å². The Balaban J connectivity index is 2.22. The third kappa shape index (κ3) is 2.99. The van der Waals surface area contributed by atoms with E-state index in [1.807, 2.05) is 13.0 Å². The highest BCUT2D eigenvalue weighted by Gasteiger charge is 2.36. The van der Waals surface area contributed by atoms with Gasteiger partial charge in [-0.1, -0.05) is 18.7 Å². The van der Waals surface area contributed by atoms with Crippen LogP contribution in [0.2, 0.25) is 0 Å². The number of hydrogen-bond donors (Lipinski definition) is 1. The molecule has 1 heterocycles. The number of para-hydroxylation sites is 2. The minimum Gasteiger partial charge on any atom is -0.487 e. The van der Waals surface area contributed by atoms with Crippen LogP contribution in [0.4, 0.5) is 5.69 Å². The molecule has 5 nitrogen and oxygen atoms in total. The molecule has 0 saturated carbocycles. The summed E-state index contributed by atoms with van der Waals surface area (Å²) in [5, 5.41) is 9.02. The van der Waals surface area contributed by atoms with Crippen molar-refractivity contribution in [1.82, 2.24) is 0 Å². The van der Waals surface area contributed by atoms with E-state index in [4.69, 9.17) is 9.84 Å². The Labute approximate surface area is 117 Å². The molecule has 1 fully saturated rings. The summed E-state index contributed by atoms with van der Waals surface area (Å²) in [6.07, 6.45) is 0.0319. The molecule has 5 heteroatoms. The van der Waals surface area contributed by atoms with E-state index in [2.05, 4.69) is 6.58 Å². The average Bonchev–Trinajstić information content (AvgIpc) is 2.79. The summed E-state index contributed by atoms with van der Waals surface area (Å²) in [5.41, 5.74) is 1.48. The van der Waals surface area contributed by atoms with Crippen LogP contribution in [-0.2, 0) is 9.59 Å². The normalized spacial score (nSPS) is 18.1. The highest BCUT2D eigenvalue weighted by Crippen LogP contribution is 2.33. The first-order chi connectivity index (χ1) is 9.49. The number of carboxylic acid groups (broad SMARTS) is 1. The number of hydrogen-bond acceptors (Lipinski definition) is 3. The molecule has 0 unspecified atom stereocenters. The van der Waals surface area contributed by atoms with Crippen molar-refractivity contribution in [3.05, 3.63) is 36.4 Å². The van der Waals surface area contributed by atoms with Gasteiger partial charge < -0.3 is 14.7 Å². The Morgan fingerprint density at radius 2 is 2.20 bits per heavy atom. The van der Waals surface area contributed by atoms with E-state index in [-0.39, 0.29) is 18.9 Å². The molecule has 0 bridgehead atoms. The number of aliphatic carboxylic acids is 1. The van der Waals surface area contributed by atoms with Gasteiger partial charge in [-0.3, -0.25) is 9.59 Å².